The Morgan fingerprint density at radius 2 is 1.80 bits per heavy atom. The largest absolute Gasteiger partial charge is 0.392 e. The van der Waals surface area contributed by atoms with Gasteiger partial charge in [0, 0.05) is 13.1 Å². The van der Waals surface area contributed by atoms with E-state index in [2.05, 4.69) is 19.2 Å². The first kappa shape index (κ1) is 13.0. The molecule has 2 heteroatoms. The highest BCUT2D eigenvalue weighted by Crippen LogP contribution is 2.42. The van der Waals surface area contributed by atoms with Crippen LogP contribution in [0.15, 0.2) is 0 Å². The molecule has 0 aliphatic heterocycles. The Bertz CT molecular complexity index is 171. The van der Waals surface area contributed by atoms with Crippen molar-refractivity contribution in [3.63, 3.8) is 0 Å². The first-order valence-corrected chi connectivity index (χ1v) is 6.43. The molecule has 0 heterocycles. The smallest absolute Gasteiger partial charge is 0.0636 e. The minimum atomic E-state index is -0.220. The van der Waals surface area contributed by atoms with Gasteiger partial charge in [0.05, 0.1) is 6.10 Å². The summed E-state index contributed by atoms with van der Waals surface area (Å²) < 4.78 is 0. The van der Waals surface area contributed by atoms with Crippen LogP contribution < -0.4 is 5.32 Å². The Labute approximate surface area is 94.5 Å². The van der Waals surface area contributed by atoms with Gasteiger partial charge in [-0.25, -0.2) is 0 Å². The van der Waals surface area contributed by atoms with E-state index in [0.717, 1.165) is 19.0 Å². The fraction of sp³-hybridized carbons (Fsp3) is 1.00. The van der Waals surface area contributed by atoms with E-state index < -0.39 is 0 Å². The molecule has 0 aromatic heterocycles. The second-order valence-corrected chi connectivity index (χ2v) is 5.78. The summed E-state index contributed by atoms with van der Waals surface area (Å²) in [5, 5.41) is 12.7. The lowest BCUT2D eigenvalue weighted by molar-refractivity contribution is 0.171. The van der Waals surface area contributed by atoms with Crippen LogP contribution in [0.1, 0.15) is 52.9 Å². The first-order chi connectivity index (χ1) is 7.04. The average molecular weight is 213 g/mol. The van der Waals surface area contributed by atoms with E-state index in [1.807, 2.05) is 6.92 Å². The van der Waals surface area contributed by atoms with Gasteiger partial charge in [-0.3, -0.25) is 0 Å². The molecule has 1 unspecified atom stereocenters. The van der Waals surface area contributed by atoms with Gasteiger partial charge in [-0.1, -0.05) is 26.7 Å². The van der Waals surface area contributed by atoms with Crippen molar-refractivity contribution in [3.05, 3.63) is 0 Å². The van der Waals surface area contributed by atoms with Crippen molar-refractivity contribution >= 4 is 0 Å². The zero-order valence-corrected chi connectivity index (χ0v) is 10.6. The van der Waals surface area contributed by atoms with Crippen LogP contribution in [0.25, 0.3) is 0 Å². The van der Waals surface area contributed by atoms with Gasteiger partial charge in [-0.2, -0.15) is 0 Å². The van der Waals surface area contributed by atoms with Gasteiger partial charge in [-0.15, -0.1) is 0 Å². The van der Waals surface area contributed by atoms with Crippen LogP contribution in [0.4, 0.5) is 0 Å². The lowest BCUT2D eigenvalue weighted by Crippen LogP contribution is -2.36. The van der Waals surface area contributed by atoms with Gasteiger partial charge < -0.3 is 10.4 Å². The van der Waals surface area contributed by atoms with Crippen molar-refractivity contribution in [2.45, 2.75) is 59.0 Å². The molecular weight excluding hydrogens is 186 g/mol. The topological polar surface area (TPSA) is 32.3 Å². The van der Waals surface area contributed by atoms with Gasteiger partial charge in [-0.05, 0) is 37.5 Å². The molecule has 1 atom stereocenters. The quantitative estimate of drug-likeness (QED) is 0.711. The van der Waals surface area contributed by atoms with E-state index in [9.17, 15) is 5.11 Å². The van der Waals surface area contributed by atoms with E-state index in [0.29, 0.717) is 5.41 Å². The summed E-state index contributed by atoms with van der Waals surface area (Å²) in [4.78, 5) is 0. The lowest BCUT2D eigenvalue weighted by Gasteiger charge is -2.31. The van der Waals surface area contributed by atoms with Crippen LogP contribution in [-0.4, -0.2) is 24.3 Å². The van der Waals surface area contributed by atoms with Gasteiger partial charge in [0.25, 0.3) is 0 Å². The highest BCUT2D eigenvalue weighted by molar-refractivity contribution is 4.87. The number of hydrogen-bond acceptors (Lipinski definition) is 2. The van der Waals surface area contributed by atoms with Crippen LogP contribution in [-0.2, 0) is 0 Å². The molecule has 2 N–H and O–H groups in total. The first-order valence-electron chi connectivity index (χ1n) is 6.43. The normalized spacial score (nSPS) is 22.2. The second kappa shape index (κ2) is 5.86. The van der Waals surface area contributed by atoms with Gasteiger partial charge >= 0.3 is 0 Å². The standard InChI is InChI=1S/C13H27NO/c1-11(2)8-13(6-4-5-7-13)10-14-9-12(3)15/h11-12,14-15H,4-10H2,1-3H3. The maximum atomic E-state index is 9.23. The highest BCUT2D eigenvalue weighted by Gasteiger charge is 2.33. The Morgan fingerprint density at radius 1 is 1.20 bits per heavy atom. The molecule has 90 valence electrons. The van der Waals surface area contributed by atoms with Crippen LogP contribution in [0, 0.1) is 11.3 Å². The molecule has 1 saturated carbocycles. The minimum absolute atomic E-state index is 0.220. The number of aliphatic hydroxyl groups is 1. The lowest BCUT2D eigenvalue weighted by atomic mass is 9.78. The molecule has 0 radical (unpaired) electrons. The molecule has 1 fully saturated rings. The predicted octanol–water partition coefficient (Wildman–Crippen LogP) is 2.56. The maximum Gasteiger partial charge on any atom is 0.0636 e. The van der Waals surface area contributed by atoms with E-state index in [1.54, 1.807) is 0 Å². The number of hydrogen-bond donors (Lipinski definition) is 2. The summed E-state index contributed by atoms with van der Waals surface area (Å²) >= 11 is 0. The average Bonchev–Trinajstić information content (AvgIpc) is 2.51. The molecule has 0 bridgehead atoms. The number of rotatable bonds is 6. The van der Waals surface area contributed by atoms with Gasteiger partial charge in [0.1, 0.15) is 0 Å². The summed E-state index contributed by atoms with van der Waals surface area (Å²) in [6, 6.07) is 0. The summed E-state index contributed by atoms with van der Waals surface area (Å²) in [7, 11) is 0. The van der Waals surface area contributed by atoms with Crippen LogP contribution in [0.3, 0.4) is 0 Å². The molecule has 0 aromatic rings. The van der Waals surface area contributed by atoms with Crippen molar-refractivity contribution in [1.29, 1.82) is 0 Å². The summed E-state index contributed by atoms with van der Waals surface area (Å²) in [6.07, 6.45) is 6.64. The van der Waals surface area contributed by atoms with Gasteiger partial charge in [0.15, 0.2) is 0 Å². The van der Waals surface area contributed by atoms with Crippen LogP contribution in [0.5, 0.6) is 0 Å². The molecule has 0 saturated heterocycles. The molecule has 1 aliphatic rings. The fourth-order valence-corrected chi connectivity index (χ4v) is 2.99. The maximum absolute atomic E-state index is 9.23. The fourth-order valence-electron chi connectivity index (χ4n) is 2.99. The Kier molecular flexibility index (Phi) is 5.07. The Hall–Kier alpha value is -0.0800. The SMILES string of the molecule is CC(C)CC1(CNCC(C)O)CCCC1. The molecule has 0 aromatic carbocycles. The van der Waals surface area contributed by atoms with Crippen LogP contribution >= 0.6 is 0 Å². The predicted molar refractivity (Wildman–Crippen MR) is 64.9 cm³/mol. The minimum Gasteiger partial charge on any atom is -0.392 e. The number of aliphatic hydroxyl groups excluding tert-OH is 1. The zero-order chi connectivity index (χ0) is 11.3. The molecule has 15 heavy (non-hydrogen) atoms. The molecule has 1 aliphatic carbocycles. The third kappa shape index (κ3) is 4.52. The molecule has 2 nitrogen and oxygen atoms in total. The summed E-state index contributed by atoms with van der Waals surface area (Å²) in [6.45, 7) is 8.30. The molecule has 0 amide bonds. The van der Waals surface area contributed by atoms with E-state index in [1.165, 1.54) is 32.1 Å². The van der Waals surface area contributed by atoms with Crippen molar-refractivity contribution < 1.29 is 5.11 Å². The van der Waals surface area contributed by atoms with Crippen molar-refractivity contribution in [2.24, 2.45) is 11.3 Å². The monoisotopic (exact) mass is 213 g/mol. The zero-order valence-electron chi connectivity index (χ0n) is 10.6. The second-order valence-electron chi connectivity index (χ2n) is 5.78. The summed E-state index contributed by atoms with van der Waals surface area (Å²) in [5.74, 6) is 0.788. The Morgan fingerprint density at radius 3 is 2.27 bits per heavy atom. The third-order valence-electron chi connectivity index (χ3n) is 3.45. The van der Waals surface area contributed by atoms with Crippen molar-refractivity contribution in [1.82, 2.24) is 5.32 Å². The van der Waals surface area contributed by atoms with Crippen molar-refractivity contribution in [2.75, 3.05) is 13.1 Å². The Balaban J connectivity index is 2.36. The van der Waals surface area contributed by atoms with E-state index in [-0.39, 0.29) is 6.10 Å². The highest BCUT2D eigenvalue weighted by atomic mass is 16.3. The third-order valence-corrected chi connectivity index (χ3v) is 3.45. The van der Waals surface area contributed by atoms with Gasteiger partial charge in [0.2, 0.25) is 0 Å². The summed E-state index contributed by atoms with van der Waals surface area (Å²) in [5.41, 5.74) is 0.531. The number of nitrogens with one attached hydrogen (secondary N) is 1. The molecular formula is C13H27NO. The van der Waals surface area contributed by atoms with Crippen molar-refractivity contribution in [3.8, 4) is 0 Å². The molecule has 1 rings (SSSR count). The van der Waals surface area contributed by atoms with E-state index >= 15 is 0 Å². The molecule has 0 spiro atoms. The van der Waals surface area contributed by atoms with E-state index in [4.69, 9.17) is 0 Å². The van der Waals surface area contributed by atoms with Crippen LogP contribution in [0.2, 0.25) is 0 Å².